The van der Waals surface area contributed by atoms with E-state index in [1.54, 1.807) is 7.11 Å². The van der Waals surface area contributed by atoms with Crippen molar-refractivity contribution in [3.05, 3.63) is 0 Å². The van der Waals surface area contributed by atoms with Crippen LogP contribution in [0.2, 0.25) is 0 Å². The van der Waals surface area contributed by atoms with Gasteiger partial charge < -0.3 is 28.9 Å². The molecule has 3 aliphatic heterocycles. The minimum atomic E-state index is 0.281. The summed E-state index contributed by atoms with van der Waals surface area (Å²) in [4.78, 5) is 7.15. The molecule has 0 amide bonds. The van der Waals surface area contributed by atoms with E-state index in [1.165, 1.54) is 103 Å². The predicted octanol–water partition coefficient (Wildman–Crippen LogP) is 6.43. The standard InChI is InChI=1S/C10H20.C8H17NO.C8H17N.C7H15NO2/c1-3-9-5-7-10(4-2)8-6-9;1-3-9-6-4-8(10-2)5-7-9;1-3-8-4-6-9(2)7-5-8;1-8-3-4-10-7(5-8)6-9-2/h9-10H,3-8H2,1-2H3;8H,3-7H2,1-2H3;8H,3-7H2,1-2H3;7H,3-6H2,1-2H3. The number of methoxy groups -OCH3 is 2. The molecule has 0 aromatic rings. The fourth-order valence-corrected chi connectivity index (χ4v) is 6.13. The second kappa shape index (κ2) is 23.3. The molecule has 0 aromatic carbocycles. The fourth-order valence-electron chi connectivity index (χ4n) is 6.13. The predicted molar refractivity (Wildman–Crippen MR) is 168 cm³/mol. The summed E-state index contributed by atoms with van der Waals surface area (Å²) < 4.78 is 15.7. The molecule has 3 saturated heterocycles. The quantitative estimate of drug-likeness (QED) is 0.360. The van der Waals surface area contributed by atoms with E-state index in [2.05, 4.69) is 56.5 Å². The van der Waals surface area contributed by atoms with Gasteiger partial charge >= 0.3 is 0 Å². The molecule has 0 bridgehead atoms. The van der Waals surface area contributed by atoms with Crippen LogP contribution in [-0.2, 0) is 14.2 Å². The minimum Gasteiger partial charge on any atom is -0.382 e. The van der Waals surface area contributed by atoms with Gasteiger partial charge in [0.1, 0.15) is 0 Å². The second-order valence-corrected chi connectivity index (χ2v) is 12.4. The van der Waals surface area contributed by atoms with Crippen molar-refractivity contribution < 1.29 is 14.2 Å². The van der Waals surface area contributed by atoms with E-state index in [0.717, 1.165) is 37.5 Å². The maximum absolute atomic E-state index is 5.42. The molecule has 0 aromatic heterocycles. The molecule has 6 nitrogen and oxygen atoms in total. The molecule has 4 rings (SSSR count). The Hall–Kier alpha value is -0.240. The third-order valence-corrected chi connectivity index (χ3v) is 9.55. The lowest BCUT2D eigenvalue weighted by Crippen LogP contribution is -2.41. The summed E-state index contributed by atoms with van der Waals surface area (Å²) in [5, 5.41) is 0. The molecule has 39 heavy (non-hydrogen) atoms. The lowest BCUT2D eigenvalue weighted by Gasteiger charge is -2.29. The van der Waals surface area contributed by atoms with Gasteiger partial charge in [0.05, 0.1) is 25.4 Å². The van der Waals surface area contributed by atoms with Gasteiger partial charge in [0.15, 0.2) is 0 Å². The van der Waals surface area contributed by atoms with Crippen molar-refractivity contribution in [2.45, 2.75) is 111 Å². The Morgan fingerprint density at radius 1 is 0.641 bits per heavy atom. The van der Waals surface area contributed by atoms with E-state index < -0.39 is 0 Å². The third kappa shape index (κ3) is 17.3. The molecule has 1 saturated carbocycles. The maximum Gasteiger partial charge on any atom is 0.0935 e. The van der Waals surface area contributed by atoms with Gasteiger partial charge in [-0.05, 0) is 77.2 Å². The molecule has 1 unspecified atom stereocenters. The van der Waals surface area contributed by atoms with Gasteiger partial charge in [-0.3, -0.25) is 0 Å². The van der Waals surface area contributed by atoms with Crippen LogP contribution in [0.25, 0.3) is 0 Å². The monoisotopic (exact) mass is 556 g/mol. The van der Waals surface area contributed by atoms with Crippen molar-refractivity contribution in [3.8, 4) is 0 Å². The van der Waals surface area contributed by atoms with Gasteiger partial charge in [-0.25, -0.2) is 0 Å². The van der Waals surface area contributed by atoms with Crippen molar-refractivity contribution in [2.75, 3.05) is 87.3 Å². The van der Waals surface area contributed by atoms with E-state index in [9.17, 15) is 0 Å². The maximum atomic E-state index is 5.42. The highest BCUT2D eigenvalue weighted by molar-refractivity contribution is 4.72. The zero-order chi connectivity index (χ0) is 28.9. The minimum absolute atomic E-state index is 0.281. The molecule has 0 N–H and O–H groups in total. The van der Waals surface area contributed by atoms with Gasteiger partial charge in [-0.1, -0.05) is 72.6 Å². The van der Waals surface area contributed by atoms with Crippen molar-refractivity contribution in [1.29, 1.82) is 0 Å². The van der Waals surface area contributed by atoms with Crippen LogP contribution in [0.3, 0.4) is 0 Å². The summed E-state index contributed by atoms with van der Waals surface area (Å²) in [5.74, 6) is 3.17. The molecular formula is C33H69N3O3. The molecule has 4 aliphatic rings. The lowest BCUT2D eigenvalue weighted by atomic mass is 9.80. The summed E-state index contributed by atoms with van der Waals surface area (Å²) in [6, 6.07) is 0. The van der Waals surface area contributed by atoms with E-state index in [0.29, 0.717) is 12.7 Å². The van der Waals surface area contributed by atoms with Crippen molar-refractivity contribution >= 4 is 0 Å². The average molecular weight is 556 g/mol. The van der Waals surface area contributed by atoms with Crippen LogP contribution in [-0.4, -0.2) is 114 Å². The highest BCUT2D eigenvalue weighted by Gasteiger charge is 2.19. The topological polar surface area (TPSA) is 37.4 Å². The van der Waals surface area contributed by atoms with Crippen molar-refractivity contribution in [2.24, 2.45) is 17.8 Å². The van der Waals surface area contributed by atoms with Crippen LogP contribution in [0.15, 0.2) is 0 Å². The molecule has 3 heterocycles. The molecule has 234 valence electrons. The van der Waals surface area contributed by atoms with Gasteiger partial charge in [-0.2, -0.15) is 0 Å². The summed E-state index contributed by atoms with van der Waals surface area (Å²) >= 11 is 0. The zero-order valence-electron chi connectivity index (χ0n) is 27.6. The first kappa shape index (κ1) is 36.8. The van der Waals surface area contributed by atoms with Crippen LogP contribution < -0.4 is 0 Å². The van der Waals surface area contributed by atoms with Crippen LogP contribution in [0.1, 0.15) is 98.3 Å². The largest absolute Gasteiger partial charge is 0.382 e. The Kier molecular flexibility index (Phi) is 22.0. The molecule has 0 spiro atoms. The first-order chi connectivity index (χ1) is 18.9. The normalized spacial score (nSPS) is 27.8. The van der Waals surface area contributed by atoms with Crippen LogP contribution in [0.5, 0.6) is 0 Å². The molecule has 6 heteroatoms. The number of likely N-dealkylation sites (N-methyl/N-ethyl adjacent to an activating group) is 1. The first-order valence-corrected chi connectivity index (χ1v) is 16.6. The number of nitrogens with zero attached hydrogens (tertiary/aromatic N) is 3. The van der Waals surface area contributed by atoms with Crippen LogP contribution >= 0.6 is 0 Å². The van der Waals surface area contributed by atoms with E-state index in [1.807, 2.05) is 7.11 Å². The number of hydrogen-bond donors (Lipinski definition) is 0. The molecular weight excluding hydrogens is 486 g/mol. The van der Waals surface area contributed by atoms with Gasteiger partial charge in [0.25, 0.3) is 0 Å². The number of morpholine rings is 1. The molecule has 1 atom stereocenters. The SMILES string of the molecule is CCC1CCC(CC)CC1.CCC1CCN(C)CC1.CCN1CCC(OC)CC1.COCC1CN(C)CCO1. The zero-order valence-corrected chi connectivity index (χ0v) is 27.6. The number of ether oxygens (including phenoxy) is 3. The molecule has 4 fully saturated rings. The van der Waals surface area contributed by atoms with Gasteiger partial charge in [-0.15, -0.1) is 0 Å². The highest BCUT2D eigenvalue weighted by Crippen LogP contribution is 2.31. The first-order valence-electron chi connectivity index (χ1n) is 16.6. The summed E-state index contributed by atoms with van der Waals surface area (Å²) in [5.41, 5.74) is 0. The molecule has 1 aliphatic carbocycles. The Morgan fingerprint density at radius 3 is 1.56 bits per heavy atom. The molecule has 0 radical (unpaired) electrons. The third-order valence-electron chi connectivity index (χ3n) is 9.55. The lowest BCUT2D eigenvalue weighted by molar-refractivity contribution is -0.0542. The Morgan fingerprint density at radius 2 is 1.15 bits per heavy atom. The van der Waals surface area contributed by atoms with E-state index in [-0.39, 0.29) is 6.10 Å². The Bertz CT molecular complexity index is 478. The summed E-state index contributed by atoms with van der Waals surface area (Å²) in [6.45, 7) is 19.0. The Labute approximate surface area is 244 Å². The highest BCUT2D eigenvalue weighted by atomic mass is 16.5. The van der Waals surface area contributed by atoms with Crippen molar-refractivity contribution in [3.63, 3.8) is 0 Å². The number of likely N-dealkylation sites (tertiary alicyclic amines) is 2. The Balaban J connectivity index is 0.000000260. The van der Waals surface area contributed by atoms with Crippen LogP contribution in [0.4, 0.5) is 0 Å². The van der Waals surface area contributed by atoms with E-state index >= 15 is 0 Å². The number of piperidine rings is 2. The van der Waals surface area contributed by atoms with Gasteiger partial charge in [0.2, 0.25) is 0 Å². The summed E-state index contributed by atoms with van der Waals surface area (Å²) in [6.07, 6.45) is 16.3. The smallest absolute Gasteiger partial charge is 0.0935 e. The van der Waals surface area contributed by atoms with E-state index in [4.69, 9.17) is 14.2 Å². The van der Waals surface area contributed by atoms with Crippen LogP contribution in [0, 0.1) is 17.8 Å². The average Bonchev–Trinajstić information content (AvgIpc) is 2.99. The number of rotatable bonds is 7. The number of hydrogen-bond acceptors (Lipinski definition) is 6. The summed E-state index contributed by atoms with van der Waals surface area (Å²) in [7, 11) is 7.83. The van der Waals surface area contributed by atoms with Crippen molar-refractivity contribution in [1.82, 2.24) is 14.7 Å². The second-order valence-electron chi connectivity index (χ2n) is 12.4. The fraction of sp³-hybridized carbons (Fsp3) is 1.00. The van der Waals surface area contributed by atoms with Gasteiger partial charge in [0, 0.05) is 40.4 Å².